The van der Waals surface area contributed by atoms with Crippen molar-refractivity contribution in [1.29, 1.82) is 5.26 Å². The highest BCUT2D eigenvalue weighted by Gasteiger charge is 2.01. The maximum atomic E-state index is 11.1. The Morgan fingerprint density at radius 1 is 1.47 bits per heavy atom. The van der Waals surface area contributed by atoms with E-state index in [0.29, 0.717) is 10.7 Å². The maximum Gasteiger partial charge on any atom is 0.240 e. The molecular formula is C10H10ClN3O. The minimum atomic E-state index is -0.239. The van der Waals surface area contributed by atoms with Gasteiger partial charge in [0.05, 0.1) is 23.3 Å². The van der Waals surface area contributed by atoms with E-state index in [4.69, 9.17) is 16.9 Å². The van der Waals surface area contributed by atoms with Gasteiger partial charge in [-0.1, -0.05) is 23.7 Å². The molecule has 5 heteroatoms. The lowest BCUT2D eigenvalue weighted by molar-refractivity contribution is -0.119. The Morgan fingerprint density at radius 3 is 2.87 bits per heavy atom. The van der Waals surface area contributed by atoms with E-state index in [-0.39, 0.29) is 19.0 Å². The molecule has 0 saturated heterocycles. The van der Waals surface area contributed by atoms with E-state index in [9.17, 15) is 4.79 Å². The molecule has 78 valence electrons. The van der Waals surface area contributed by atoms with Gasteiger partial charge in [0.2, 0.25) is 5.91 Å². The molecule has 0 unspecified atom stereocenters. The highest BCUT2D eigenvalue weighted by atomic mass is 35.5. The van der Waals surface area contributed by atoms with E-state index in [0.717, 1.165) is 0 Å². The fraction of sp³-hybridized carbons (Fsp3) is 0.200. The predicted octanol–water partition coefficient (Wildman–Crippen LogP) is 1.39. The van der Waals surface area contributed by atoms with E-state index in [1.807, 2.05) is 18.2 Å². The Kier molecular flexibility index (Phi) is 4.45. The minimum absolute atomic E-state index is 0.0169. The SMILES string of the molecule is N#CCNC(=O)CNc1ccccc1Cl. The third kappa shape index (κ3) is 3.88. The topological polar surface area (TPSA) is 64.9 Å². The lowest BCUT2D eigenvalue weighted by Gasteiger charge is -2.06. The lowest BCUT2D eigenvalue weighted by atomic mass is 10.3. The Morgan fingerprint density at radius 2 is 2.20 bits per heavy atom. The first kappa shape index (κ1) is 11.3. The number of para-hydroxylation sites is 1. The summed E-state index contributed by atoms with van der Waals surface area (Å²) in [6.07, 6.45) is 0. The second kappa shape index (κ2) is 5.89. The zero-order valence-corrected chi connectivity index (χ0v) is 8.71. The van der Waals surface area contributed by atoms with Crippen LogP contribution in [0.25, 0.3) is 0 Å². The van der Waals surface area contributed by atoms with Gasteiger partial charge >= 0.3 is 0 Å². The van der Waals surface area contributed by atoms with Crippen LogP contribution in [0.1, 0.15) is 0 Å². The molecule has 1 amide bonds. The standard InChI is InChI=1S/C10H10ClN3O/c11-8-3-1-2-4-9(8)14-7-10(15)13-6-5-12/h1-4,14H,6-7H2,(H,13,15). The third-order valence-electron chi connectivity index (χ3n) is 1.68. The second-order valence-electron chi connectivity index (χ2n) is 2.77. The average Bonchev–Trinajstić information content (AvgIpc) is 2.25. The van der Waals surface area contributed by atoms with Crippen LogP contribution in [0.4, 0.5) is 5.69 Å². The quantitative estimate of drug-likeness (QED) is 0.759. The number of hydrogen-bond acceptors (Lipinski definition) is 3. The van der Waals surface area contributed by atoms with E-state index in [2.05, 4.69) is 10.6 Å². The van der Waals surface area contributed by atoms with Crippen molar-refractivity contribution >= 4 is 23.2 Å². The summed E-state index contributed by atoms with van der Waals surface area (Å²) in [6.45, 7) is 0.119. The Hall–Kier alpha value is -1.73. The summed E-state index contributed by atoms with van der Waals surface area (Å²) in [4.78, 5) is 11.1. The van der Waals surface area contributed by atoms with E-state index >= 15 is 0 Å². The summed E-state index contributed by atoms with van der Waals surface area (Å²) in [6, 6.07) is 8.96. The molecule has 2 N–H and O–H groups in total. The Balaban J connectivity index is 2.41. The van der Waals surface area contributed by atoms with Crippen LogP contribution in [0.2, 0.25) is 5.02 Å². The number of hydrogen-bond donors (Lipinski definition) is 2. The van der Waals surface area contributed by atoms with Gasteiger partial charge in [-0.3, -0.25) is 4.79 Å². The molecule has 0 atom stereocenters. The monoisotopic (exact) mass is 223 g/mol. The van der Waals surface area contributed by atoms with Crippen molar-refractivity contribution in [3.8, 4) is 6.07 Å². The number of nitriles is 1. The number of nitrogens with zero attached hydrogens (tertiary/aromatic N) is 1. The summed E-state index contributed by atoms with van der Waals surface area (Å²) in [7, 11) is 0. The fourth-order valence-electron chi connectivity index (χ4n) is 0.981. The van der Waals surface area contributed by atoms with Crippen LogP contribution in [0.15, 0.2) is 24.3 Å². The molecule has 4 nitrogen and oxygen atoms in total. The number of halogens is 1. The number of carbonyl (C=O) groups excluding carboxylic acids is 1. The van der Waals surface area contributed by atoms with Crippen molar-refractivity contribution < 1.29 is 4.79 Å². The van der Waals surface area contributed by atoms with Gasteiger partial charge in [0, 0.05) is 0 Å². The molecule has 0 fully saturated rings. The highest BCUT2D eigenvalue weighted by Crippen LogP contribution is 2.19. The van der Waals surface area contributed by atoms with Gasteiger partial charge in [-0.25, -0.2) is 0 Å². The van der Waals surface area contributed by atoms with Gasteiger partial charge in [-0.15, -0.1) is 0 Å². The van der Waals surface area contributed by atoms with E-state index in [1.54, 1.807) is 12.1 Å². The zero-order chi connectivity index (χ0) is 11.1. The first-order chi connectivity index (χ1) is 7.24. The molecule has 0 aliphatic rings. The lowest BCUT2D eigenvalue weighted by Crippen LogP contribution is -2.30. The predicted molar refractivity (Wildman–Crippen MR) is 58.6 cm³/mol. The fourth-order valence-corrected chi connectivity index (χ4v) is 1.18. The van der Waals surface area contributed by atoms with Gasteiger partial charge in [-0.05, 0) is 12.1 Å². The molecule has 0 radical (unpaired) electrons. The normalized spacial score (nSPS) is 9.07. The first-order valence-corrected chi connectivity index (χ1v) is 4.74. The van der Waals surface area contributed by atoms with Crippen LogP contribution in [0.3, 0.4) is 0 Å². The van der Waals surface area contributed by atoms with Crippen LogP contribution in [0.5, 0.6) is 0 Å². The molecule has 15 heavy (non-hydrogen) atoms. The molecule has 0 aliphatic heterocycles. The van der Waals surface area contributed by atoms with Crippen LogP contribution in [-0.4, -0.2) is 19.0 Å². The Labute approximate surface area is 92.8 Å². The molecular weight excluding hydrogens is 214 g/mol. The second-order valence-corrected chi connectivity index (χ2v) is 3.18. The molecule has 0 spiro atoms. The van der Waals surface area contributed by atoms with Gasteiger partial charge in [0.15, 0.2) is 0 Å². The van der Waals surface area contributed by atoms with Gasteiger partial charge in [0.25, 0.3) is 0 Å². The molecule has 0 saturated carbocycles. The molecule has 0 heterocycles. The van der Waals surface area contributed by atoms with Crippen LogP contribution in [-0.2, 0) is 4.79 Å². The van der Waals surface area contributed by atoms with E-state index < -0.39 is 0 Å². The number of nitrogens with one attached hydrogen (secondary N) is 2. The molecule has 0 aliphatic carbocycles. The molecule has 1 rings (SSSR count). The van der Waals surface area contributed by atoms with Crippen LogP contribution in [0, 0.1) is 11.3 Å². The molecule has 1 aromatic rings. The van der Waals surface area contributed by atoms with Crippen molar-refractivity contribution in [2.45, 2.75) is 0 Å². The first-order valence-electron chi connectivity index (χ1n) is 4.36. The van der Waals surface area contributed by atoms with Crippen molar-refractivity contribution in [2.75, 3.05) is 18.4 Å². The average molecular weight is 224 g/mol. The van der Waals surface area contributed by atoms with Gasteiger partial charge in [-0.2, -0.15) is 5.26 Å². The van der Waals surface area contributed by atoms with Gasteiger partial charge in [0.1, 0.15) is 6.54 Å². The molecule has 1 aromatic carbocycles. The molecule has 0 bridgehead atoms. The van der Waals surface area contributed by atoms with Crippen molar-refractivity contribution in [3.05, 3.63) is 29.3 Å². The Bertz CT molecular complexity index is 386. The summed E-state index contributed by atoms with van der Waals surface area (Å²) < 4.78 is 0. The largest absolute Gasteiger partial charge is 0.375 e. The zero-order valence-electron chi connectivity index (χ0n) is 7.96. The van der Waals surface area contributed by atoms with Crippen molar-refractivity contribution in [1.82, 2.24) is 5.32 Å². The summed E-state index contributed by atoms with van der Waals surface area (Å²) in [5.74, 6) is -0.239. The van der Waals surface area contributed by atoms with Crippen LogP contribution < -0.4 is 10.6 Å². The maximum absolute atomic E-state index is 11.1. The van der Waals surface area contributed by atoms with E-state index in [1.165, 1.54) is 0 Å². The summed E-state index contributed by atoms with van der Waals surface area (Å²) in [5, 5.41) is 14.1. The highest BCUT2D eigenvalue weighted by molar-refractivity contribution is 6.33. The smallest absolute Gasteiger partial charge is 0.240 e. The van der Waals surface area contributed by atoms with Crippen molar-refractivity contribution in [2.24, 2.45) is 0 Å². The van der Waals surface area contributed by atoms with Gasteiger partial charge < -0.3 is 10.6 Å². The number of anilines is 1. The third-order valence-corrected chi connectivity index (χ3v) is 2.01. The number of benzene rings is 1. The van der Waals surface area contributed by atoms with Crippen molar-refractivity contribution in [3.63, 3.8) is 0 Å². The summed E-state index contributed by atoms with van der Waals surface area (Å²) in [5.41, 5.74) is 0.700. The minimum Gasteiger partial charge on any atom is -0.375 e. The summed E-state index contributed by atoms with van der Waals surface area (Å²) >= 11 is 5.87. The number of carbonyl (C=O) groups is 1. The number of rotatable bonds is 4. The molecule has 0 aromatic heterocycles. The van der Waals surface area contributed by atoms with Crippen LogP contribution >= 0.6 is 11.6 Å². The number of amides is 1.